The van der Waals surface area contributed by atoms with Crippen molar-refractivity contribution in [2.45, 2.75) is 328 Å². The number of ketones is 5. The number of carboxylic acids is 5. The number of esters is 2. The van der Waals surface area contributed by atoms with Crippen LogP contribution in [-0.2, 0) is 138 Å². The van der Waals surface area contributed by atoms with Gasteiger partial charge in [-0.05, 0) is 83.5 Å². The quantitative estimate of drug-likeness (QED) is 0.00933. The predicted octanol–water partition coefficient (Wildman–Crippen LogP) is 7.30. The van der Waals surface area contributed by atoms with Crippen LogP contribution in [0.15, 0.2) is 24.3 Å². The molecule has 0 aromatic carbocycles. The number of thioether (sulfide) groups is 1. The lowest BCUT2D eigenvalue weighted by molar-refractivity contribution is -0.161. The van der Waals surface area contributed by atoms with Gasteiger partial charge in [0.05, 0.1) is 57.1 Å². The van der Waals surface area contributed by atoms with Crippen LogP contribution in [0.25, 0.3) is 0 Å². The zero-order valence-corrected chi connectivity index (χ0v) is 87.9. The van der Waals surface area contributed by atoms with Crippen molar-refractivity contribution in [2.24, 2.45) is 5.92 Å². The fraction of sp³-hybridized carbons (Fsp3) is 0.717. The van der Waals surface area contributed by atoms with E-state index in [1.807, 2.05) is 0 Å². The molecular formula is C99H160N11O35PS. The van der Waals surface area contributed by atoms with Crippen LogP contribution in [-0.4, -0.2) is 332 Å². The first-order chi connectivity index (χ1) is 69.9. The van der Waals surface area contributed by atoms with Gasteiger partial charge in [0.2, 0.25) is 70.9 Å². The first kappa shape index (κ1) is 135. The van der Waals surface area contributed by atoms with Crippen molar-refractivity contribution in [2.75, 3.05) is 124 Å². The zero-order chi connectivity index (χ0) is 110. The van der Waals surface area contributed by atoms with Gasteiger partial charge in [-0.15, -0.1) is 11.8 Å². The fourth-order valence-electron chi connectivity index (χ4n) is 14.1. The molecule has 12 amide bonds. The Kier molecular flexibility index (Phi) is 77.7. The average molecular weight is 2130 g/mol. The maximum atomic E-state index is 12.9. The second kappa shape index (κ2) is 84.4. The van der Waals surface area contributed by atoms with E-state index in [0.29, 0.717) is 40.4 Å². The third-order valence-electron chi connectivity index (χ3n) is 22.5. The molecule has 1 rings (SSSR count). The third-order valence-corrected chi connectivity index (χ3v) is 25.0. The van der Waals surface area contributed by atoms with Gasteiger partial charge in [-0.3, -0.25) is 129 Å². The number of phosphoric acid groups is 1. The summed E-state index contributed by atoms with van der Waals surface area (Å²) in [5.74, 6) is -20.1. The van der Waals surface area contributed by atoms with Crippen molar-refractivity contribution < 1.29 is 169 Å². The van der Waals surface area contributed by atoms with E-state index in [-0.39, 0.29) is 127 Å². The molecule has 1 aliphatic heterocycles. The predicted molar refractivity (Wildman–Crippen MR) is 536 cm³/mol. The van der Waals surface area contributed by atoms with E-state index < -0.39 is 266 Å². The molecule has 1 aliphatic rings. The monoisotopic (exact) mass is 2130 g/mol. The van der Waals surface area contributed by atoms with E-state index in [1.54, 1.807) is 0 Å². The van der Waals surface area contributed by atoms with E-state index >= 15 is 0 Å². The lowest BCUT2D eigenvalue weighted by Crippen LogP contribution is -2.47. The fourth-order valence-corrected chi connectivity index (χ4v) is 16.0. The molecule has 0 aromatic rings. The molecule has 0 radical (unpaired) electrons. The summed E-state index contributed by atoms with van der Waals surface area (Å²) in [6.45, 7) is -3.14. The molecule has 4 atom stereocenters. The van der Waals surface area contributed by atoms with Crippen LogP contribution in [0.5, 0.6) is 0 Å². The third kappa shape index (κ3) is 75.7. The van der Waals surface area contributed by atoms with Gasteiger partial charge in [0.1, 0.15) is 51.7 Å². The van der Waals surface area contributed by atoms with Crippen molar-refractivity contribution in [1.82, 2.24) is 56.4 Å². The van der Waals surface area contributed by atoms with Gasteiger partial charge in [-0.25, -0.2) is 4.57 Å². The molecule has 0 saturated carbocycles. The number of carbonyl (C=O) groups excluding carboxylic acids is 19. The number of rotatable bonds is 91. The maximum Gasteiger partial charge on any atom is 0.472 e. The molecule has 147 heavy (non-hydrogen) atoms. The van der Waals surface area contributed by atoms with Crippen molar-refractivity contribution in [3.63, 3.8) is 0 Å². The normalized spacial score (nSPS) is 12.9. The Balaban J connectivity index is 0.00000298. The maximum absolute atomic E-state index is 12.9. The van der Waals surface area contributed by atoms with Gasteiger partial charge in [0.25, 0.3) is 0 Å². The van der Waals surface area contributed by atoms with Gasteiger partial charge in [-0.1, -0.05) is 155 Å². The number of unbranched alkanes of at least 4 members (excludes halogenated alkanes) is 23. The van der Waals surface area contributed by atoms with Gasteiger partial charge in [0.15, 0.2) is 29.2 Å². The Morgan fingerprint density at radius 3 is 1.28 bits per heavy atom. The lowest BCUT2D eigenvalue weighted by Gasteiger charge is -2.21. The number of carbonyl (C=O) groups is 24. The largest absolute Gasteiger partial charge is 0.481 e. The standard InChI is InChI=1S/C51H93N2O11P.C48H67N9O24S/c1-4-6-8-10-12-14-16-18-20-22-24-26-28-30-32-38-50(57)61-44-47(64-51(58)39-33-31-29-27-25-23-21-19-17-15-13-11-9-7-5-2)45-63-65(59,60)62-43-42-53-49(56)37-35-34-36-46(54)40-41-48(55)52-3;1-3-38(66)55(25-45(75)76)22-37(65)51-17-30(59)8-11-39(67)53(23-43(71)72)19-31(60)5-4-13-49-36(64)21-56(26-46(77)78)42(70)18-52-34(62)9-6-32(61)20-54(24-44(73)74)40(68)10-7-29(58)16-50-35(63)12-14-57-41(69)15-33(47(57)79)82-27-28(2)48(80)81/h18-21,47H,4-17,22-45H2,1-3H3,(H,52,55)(H,53,56)(H,59,60);28,33H,3-27H2,1-2H3,(H,49,64)(H,50,63)(H,51,65)(H,52,62)(H,71,72)(H,73,74)(H,75,76)(H,77,78)(H,80,81)/b20-18+,21-19+;. The second-order valence-electron chi connectivity index (χ2n) is 35.6. The van der Waals surface area contributed by atoms with Gasteiger partial charge >= 0.3 is 49.6 Å². The molecule has 0 bridgehead atoms. The van der Waals surface area contributed by atoms with Crippen LogP contribution >= 0.6 is 19.6 Å². The van der Waals surface area contributed by atoms with Gasteiger partial charge in [0, 0.05) is 135 Å². The van der Waals surface area contributed by atoms with Gasteiger partial charge in [-0.2, -0.15) is 0 Å². The zero-order valence-electron chi connectivity index (χ0n) is 86.2. The number of Topliss-reactive ketones (excluding diaryl/α,β-unsaturated/α-hetero) is 5. The highest BCUT2D eigenvalue weighted by atomic mass is 32.2. The van der Waals surface area contributed by atoms with E-state index in [1.165, 1.54) is 97.9 Å². The number of phosphoric ester groups is 1. The number of imide groups is 1. The van der Waals surface area contributed by atoms with Crippen LogP contribution in [0.3, 0.4) is 0 Å². The number of aliphatic carboxylic acids is 5. The minimum Gasteiger partial charge on any atom is -0.481 e. The summed E-state index contributed by atoms with van der Waals surface area (Å²) >= 11 is 1.01. The molecule has 4 unspecified atom stereocenters. The summed E-state index contributed by atoms with van der Waals surface area (Å²) in [5, 5.41) is 59.1. The Bertz CT molecular complexity index is 4280. The van der Waals surface area contributed by atoms with E-state index in [4.69, 9.17) is 28.7 Å². The highest BCUT2D eigenvalue weighted by molar-refractivity contribution is 8.00. The summed E-state index contributed by atoms with van der Waals surface area (Å²) in [5.41, 5.74) is 0. The summed E-state index contributed by atoms with van der Waals surface area (Å²) in [7, 11) is -3.09. The first-order valence-corrected chi connectivity index (χ1v) is 53.6. The molecule has 0 aromatic heterocycles. The summed E-state index contributed by atoms with van der Waals surface area (Å²) in [4.78, 5) is 306. The highest BCUT2D eigenvalue weighted by Gasteiger charge is 2.40. The van der Waals surface area contributed by atoms with Crippen molar-refractivity contribution in [3.8, 4) is 0 Å². The Morgan fingerprint density at radius 2 is 0.789 bits per heavy atom. The van der Waals surface area contributed by atoms with Crippen LogP contribution in [0.2, 0.25) is 0 Å². The Labute approximate surface area is 864 Å². The number of allylic oxidation sites excluding steroid dienone is 4. The molecule has 48 heteroatoms. The van der Waals surface area contributed by atoms with Crippen molar-refractivity contribution in [1.29, 1.82) is 0 Å². The molecule has 1 saturated heterocycles. The molecule has 1 fully saturated rings. The number of ether oxygens (including phenoxy) is 2. The number of nitrogens with one attached hydrogen (secondary N) is 6. The molecular weight excluding hydrogens is 1970 g/mol. The van der Waals surface area contributed by atoms with Crippen molar-refractivity contribution >= 4 is 161 Å². The van der Waals surface area contributed by atoms with Crippen LogP contribution in [0.1, 0.15) is 317 Å². The number of nitrogens with zero attached hydrogens (tertiary/aromatic N) is 5. The van der Waals surface area contributed by atoms with E-state index in [0.717, 1.165) is 98.6 Å². The molecule has 46 nitrogen and oxygen atoms in total. The van der Waals surface area contributed by atoms with Crippen LogP contribution in [0.4, 0.5) is 0 Å². The molecule has 1 heterocycles. The molecule has 12 N–H and O–H groups in total. The first-order valence-electron chi connectivity index (χ1n) is 51.0. The number of hydrogen-bond acceptors (Lipinski definition) is 30. The summed E-state index contributed by atoms with van der Waals surface area (Å²) in [6.07, 6.45) is 35.5. The Morgan fingerprint density at radius 1 is 0.395 bits per heavy atom. The lowest BCUT2D eigenvalue weighted by atomic mass is 10.1. The molecule has 0 aliphatic carbocycles. The topological polar surface area (TPSA) is 673 Å². The van der Waals surface area contributed by atoms with E-state index in [9.17, 15) is 140 Å². The number of hydrogen-bond donors (Lipinski definition) is 12. The highest BCUT2D eigenvalue weighted by Crippen LogP contribution is 2.43. The van der Waals surface area contributed by atoms with Crippen molar-refractivity contribution in [3.05, 3.63) is 24.3 Å². The minimum atomic E-state index is -4.61. The molecule has 0 spiro atoms. The SMILES string of the molecule is CCC(=O)N(CC(=O)O)CC(=O)NCC(=O)CCC(=O)N(CC(=O)O)CC(=O)CCCNC(=O)CN(CC(=O)O)C(=O)CNC(=O)CCC(=O)CN(CC(=O)O)C(=O)CCC(=O)CNC(=O)CCN1C(=O)CC(SCC(C)C(=O)O)C1=O.CCCCCCCC/C=C/CCCCCCCC(=O)OCC(COP(=O)(O)OCCNC(=O)CCCCC(=O)CCC(=O)NC)OC(=O)CCCCCCC/C=C/CCCCCCCC. The minimum absolute atomic E-state index is 0.0385. The van der Waals surface area contributed by atoms with Crippen LogP contribution < -0.4 is 31.9 Å². The smallest absolute Gasteiger partial charge is 0.472 e. The number of likely N-dealkylation sites (tertiary alicyclic amines) is 1. The average Bonchev–Trinajstić information content (AvgIpc) is 1.69. The Hall–Kier alpha value is -11.6. The second-order valence-corrected chi connectivity index (χ2v) is 38.3. The summed E-state index contributed by atoms with van der Waals surface area (Å²) in [6, 6.07) is 0. The number of amides is 12. The summed E-state index contributed by atoms with van der Waals surface area (Å²) < 4.78 is 33.8. The van der Waals surface area contributed by atoms with Crippen LogP contribution in [0, 0.1) is 5.92 Å². The number of carboxylic acid groups (broad SMARTS) is 5. The van der Waals surface area contributed by atoms with E-state index in [2.05, 4.69) is 70.1 Å². The molecule has 832 valence electrons. The van der Waals surface area contributed by atoms with Gasteiger partial charge < -0.3 is 91.4 Å².